The summed E-state index contributed by atoms with van der Waals surface area (Å²) < 4.78 is 13.3. The first-order chi connectivity index (χ1) is 12.0. The van der Waals surface area contributed by atoms with E-state index in [2.05, 4.69) is 4.98 Å². The zero-order chi connectivity index (χ0) is 17.8. The van der Waals surface area contributed by atoms with E-state index >= 15 is 0 Å². The molecule has 0 aliphatic carbocycles. The third-order valence-corrected chi connectivity index (χ3v) is 4.21. The Kier molecular flexibility index (Phi) is 5.31. The Balaban J connectivity index is 1.98. The maximum atomic E-state index is 13.3. The molecule has 6 heteroatoms. The lowest BCUT2D eigenvalue weighted by atomic mass is 10.1. The van der Waals surface area contributed by atoms with E-state index in [9.17, 15) is 9.18 Å². The molecule has 0 spiro atoms. The molecule has 3 rings (SSSR count). The molecule has 0 saturated carbocycles. The molecule has 0 fully saturated rings. The molecule has 1 aromatic heterocycles. The third-order valence-electron chi connectivity index (χ3n) is 3.61. The average Bonchev–Trinajstić information content (AvgIpc) is 2.62. The Morgan fingerprint density at radius 1 is 1.04 bits per heavy atom. The van der Waals surface area contributed by atoms with Crippen LogP contribution < -0.4 is 4.90 Å². The monoisotopic (exact) mass is 374 g/mol. The van der Waals surface area contributed by atoms with Crippen molar-refractivity contribution in [3.63, 3.8) is 0 Å². The quantitative estimate of drug-likeness (QED) is 0.614. The predicted molar refractivity (Wildman–Crippen MR) is 97.6 cm³/mol. The van der Waals surface area contributed by atoms with E-state index in [4.69, 9.17) is 23.2 Å². The van der Waals surface area contributed by atoms with Crippen LogP contribution in [0.1, 0.15) is 15.9 Å². The molecule has 1 heterocycles. The van der Waals surface area contributed by atoms with Gasteiger partial charge in [0.25, 0.3) is 5.91 Å². The molecule has 0 saturated heterocycles. The zero-order valence-electron chi connectivity index (χ0n) is 13.0. The van der Waals surface area contributed by atoms with Crippen LogP contribution in [-0.2, 0) is 6.54 Å². The highest BCUT2D eigenvalue weighted by Gasteiger charge is 2.20. The maximum Gasteiger partial charge on any atom is 0.259 e. The lowest BCUT2D eigenvalue weighted by Crippen LogP contribution is -2.31. The van der Waals surface area contributed by atoms with Gasteiger partial charge in [0, 0.05) is 21.8 Å². The van der Waals surface area contributed by atoms with Crippen LogP contribution in [0, 0.1) is 5.82 Å². The topological polar surface area (TPSA) is 33.2 Å². The average molecular weight is 375 g/mol. The second-order valence-corrected chi connectivity index (χ2v) is 6.17. The minimum absolute atomic E-state index is 0.164. The summed E-state index contributed by atoms with van der Waals surface area (Å²) in [5, 5.41) is 0.798. The molecule has 0 N–H and O–H groups in total. The molecule has 2 aromatic carbocycles. The Morgan fingerprint density at radius 2 is 1.80 bits per heavy atom. The van der Waals surface area contributed by atoms with Gasteiger partial charge < -0.3 is 0 Å². The first-order valence-corrected chi connectivity index (χ1v) is 8.22. The number of rotatable bonds is 4. The fourth-order valence-electron chi connectivity index (χ4n) is 2.34. The van der Waals surface area contributed by atoms with Crippen molar-refractivity contribution in [1.29, 1.82) is 0 Å². The van der Waals surface area contributed by atoms with Crippen LogP contribution in [0.2, 0.25) is 10.0 Å². The van der Waals surface area contributed by atoms with Gasteiger partial charge in [-0.1, -0.05) is 35.3 Å². The van der Waals surface area contributed by atoms with Crippen molar-refractivity contribution < 1.29 is 9.18 Å². The molecule has 126 valence electrons. The van der Waals surface area contributed by atoms with Crippen molar-refractivity contribution in [2.75, 3.05) is 4.90 Å². The first-order valence-electron chi connectivity index (χ1n) is 7.47. The second-order valence-electron chi connectivity index (χ2n) is 5.32. The minimum atomic E-state index is -0.429. The van der Waals surface area contributed by atoms with Crippen molar-refractivity contribution in [3.8, 4) is 0 Å². The van der Waals surface area contributed by atoms with Crippen LogP contribution in [0.5, 0.6) is 0 Å². The Bertz CT molecular complexity index is 886. The molecule has 0 unspecified atom stereocenters. The summed E-state index contributed by atoms with van der Waals surface area (Å²) in [7, 11) is 0. The van der Waals surface area contributed by atoms with Gasteiger partial charge in [-0.25, -0.2) is 9.37 Å². The smallest absolute Gasteiger partial charge is 0.259 e. The van der Waals surface area contributed by atoms with E-state index in [-0.39, 0.29) is 17.5 Å². The van der Waals surface area contributed by atoms with Gasteiger partial charge in [0.2, 0.25) is 0 Å². The molecule has 3 aromatic rings. The molecule has 1 amide bonds. The van der Waals surface area contributed by atoms with E-state index in [1.54, 1.807) is 54.7 Å². The second kappa shape index (κ2) is 7.64. The predicted octanol–water partition coefficient (Wildman–Crippen LogP) is 5.37. The summed E-state index contributed by atoms with van der Waals surface area (Å²) in [5.41, 5.74) is 1.09. The van der Waals surface area contributed by atoms with Gasteiger partial charge in [-0.3, -0.25) is 9.69 Å². The molecule has 0 bridgehead atoms. The molecular weight excluding hydrogens is 362 g/mol. The highest BCUT2D eigenvalue weighted by molar-refractivity contribution is 6.31. The van der Waals surface area contributed by atoms with Crippen LogP contribution >= 0.6 is 23.2 Å². The first kappa shape index (κ1) is 17.4. The van der Waals surface area contributed by atoms with Gasteiger partial charge in [0.15, 0.2) is 0 Å². The van der Waals surface area contributed by atoms with Gasteiger partial charge in [0.05, 0.1) is 6.54 Å². The van der Waals surface area contributed by atoms with Gasteiger partial charge in [-0.2, -0.15) is 0 Å². The number of aromatic nitrogens is 1. The molecule has 3 nitrogen and oxygen atoms in total. The number of nitrogens with zero attached hydrogens (tertiary/aromatic N) is 2. The lowest BCUT2D eigenvalue weighted by molar-refractivity contribution is 0.0984. The maximum absolute atomic E-state index is 13.3. The summed E-state index contributed by atoms with van der Waals surface area (Å²) in [5.74, 6) is -0.208. The normalized spacial score (nSPS) is 10.5. The van der Waals surface area contributed by atoms with Crippen molar-refractivity contribution in [1.82, 2.24) is 4.98 Å². The standard InChI is InChI=1S/C19H13Cl2FN2O/c20-15-7-4-13(5-8-15)19(25)24(18-3-1-2-10-23-18)12-14-6-9-16(22)11-17(14)21/h1-11H,12H2. The van der Waals surface area contributed by atoms with Crippen molar-refractivity contribution in [2.24, 2.45) is 0 Å². The van der Waals surface area contributed by atoms with E-state index in [1.165, 1.54) is 17.0 Å². The van der Waals surface area contributed by atoms with Crippen LogP contribution in [-0.4, -0.2) is 10.9 Å². The molecule has 0 aliphatic rings. The van der Waals surface area contributed by atoms with Gasteiger partial charge in [-0.15, -0.1) is 0 Å². The number of hydrogen-bond donors (Lipinski definition) is 0. The van der Waals surface area contributed by atoms with Crippen molar-refractivity contribution in [3.05, 3.63) is 93.8 Å². The highest BCUT2D eigenvalue weighted by atomic mass is 35.5. The summed E-state index contributed by atoms with van der Waals surface area (Å²) in [6, 6.07) is 16.0. The Morgan fingerprint density at radius 3 is 2.44 bits per heavy atom. The number of benzene rings is 2. The summed E-state index contributed by atoms with van der Waals surface area (Å²) in [6.07, 6.45) is 1.60. The summed E-state index contributed by atoms with van der Waals surface area (Å²) in [4.78, 5) is 18.7. The minimum Gasteiger partial charge on any atom is -0.288 e. The Labute approximate surface area is 154 Å². The number of halogens is 3. The van der Waals surface area contributed by atoms with Crippen LogP contribution in [0.4, 0.5) is 10.2 Å². The van der Waals surface area contributed by atoms with Crippen LogP contribution in [0.3, 0.4) is 0 Å². The lowest BCUT2D eigenvalue weighted by Gasteiger charge is -2.22. The molecular formula is C19H13Cl2FN2O. The Hall–Kier alpha value is -2.43. The van der Waals surface area contributed by atoms with Crippen LogP contribution in [0.25, 0.3) is 0 Å². The van der Waals surface area contributed by atoms with Gasteiger partial charge in [-0.05, 0) is 54.1 Å². The van der Waals surface area contributed by atoms with Gasteiger partial charge in [0.1, 0.15) is 11.6 Å². The zero-order valence-corrected chi connectivity index (χ0v) is 14.5. The molecule has 0 radical (unpaired) electrons. The third kappa shape index (κ3) is 4.16. The number of hydrogen-bond acceptors (Lipinski definition) is 2. The SMILES string of the molecule is O=C(c1ccc(Cl)cc1)N(Cc1ccc(F)cc1Cl)c1ccccn1. The van der Waals surface area contributed by atoms with Crippen molar-refractivity contribution in [2.45, 2.75) is 6.54 Å². The fraction of sp³-hybridized carbons (Fsp3) is 0.0526. The highest BCUT2D eigenvalue weighted by Crippen LogP contribution is 2.23. The number of anilines is 1. The summed E-state index contributed by atoms with van der Waals surface area (Å²) in [6.45, 7) is 0.164. The van der Waals surface area contributed by atoms with Crippen LogP contribution in [0.15, 0.2) is 66.9 Å². The number of carbonyl (C=O) groups is 1. The van der Waals surface area contributed by atoms with E-state index in [1.807, 2.05) is 0 Å². The van der Waals surface area contributed by atoms with Crippen molar-refractivity contribution >= 4 is 34.9 Å². The van der Waals surface area contributed by atoms with Gasteiger partial charge >= 0.3 is 0 Å². The van der Waals surface area contributed by atoms with E-state index in [0.29, 0.717) is 22.0 Å². The number of amides is 1. The van der Waals surface area contributed by atoms with E-state index in [0.717, 1.165) is 0 Å². The molecule has 25 heavy (non-hydrogen) atoms. The molecule has 0 atom stereocenters. The van der Waals surface area contributed by atoms with E-state index < -0.39 is 5.82 Å². The fourth-order valence-corrected chi connectivity index (χ4v) is 2.69. The number of pyridine rings is 1. The number of carbonyl (C=O) groups excluding carboxylic acids is 1. The largest absolute Gasteiger partial charge is 0.288 e. The summed E-state index contributed by atoms with van der Waals surface area (Å²) >= 11 is 12.0. The molecule has 0 aliphatic heterocycles.